The van der Waals surface area contributed by atoms with Crippen molar-refractivity contribution in [3.8, 4) is 11.5 Å². The molecule has 4 rings (SSSR count). The van der Waals surface area contributed by atoms with Crippen LogP contribution in [0.25, 0.3) is 22.5 Å². The van der Waals surface area contributed by atoms with Crippen LogP contribution in [0.1, 0.15) is 5.69 Å². The molecule has 0 unspecified atom stereocenters. The van der Waals surface area contributed by atoms with E-state index in [-0.39, 0.29) is 6.61 Å². The summed E-state index contributed by atoms with van der Waals surface area (Å²) in [5.74, 6) is 0.552. The van der Waals surface area contributed by atoms with Gasteiger partial charge >= 0.3 is 0 Å². The van der Waals surface area contributed by atoms with Gasteiger partial charge in [0.05, 0.1) is 0 Å². The molecule has 2 heterocycles. The lowest BCUT2D eigenvalue weighted by molar-refractivity contribution is 0.0731. The number of rotatable bonds is 4. The lowest BCUT2D eigenvalue weighted by Gasteiger charge is -2.02. The summed E-state index contributed by atoms with van der Waals surface area (Å²) in [6.45, 7) is 0.210. The Labute approximate surface area is 136 Å². The number of halogens is 1. The van der Waals surface area contributed by atoms with Gasteiger partial charge in [-0.25, -0.2) is 4.98 Å². The zero-order valence-electron chi connectivity index (χ0n) is 11.9. The van der Waals surface area contributed by atoms with Crippen molar-refractivity contribution in [1.29, 1.82) is 0 Å². The fourth-order valence-corrected chi connectivity index (χ4v) is 2.35. The molecule has 6 nitrogen and oxygen atoms in total. The Morgan fingerprint density at radius 1 is 1.13 bits per heavy atom. The summed E-state index contributed by atoms with van der Waals surface area (Å²) >= 11 is 5.98. The summed E-state index contributed by atoms with van der Waals surface area (Å²) in [7, 11) is 0. The van der Waals surface area contributed by atoms with E-state index in [9.17, 15) is 0 Å². The molecule has 0 fully saturated rings. The SMILES string of the molecule is Clc1ccc2nnn(OCc3coc(-c4ccccc4)n3)c2c1. The number of fused-ring (bicyclic) bond motifs is 1. The monoisotopic (exact) mass is 326 g/mol. The molecular weight excluding hydrogens is 316 g/mol. The van der Waals surface area contributed by atoms with Crippen molar-refractivity contribution in [3.63, 3.8) is 0 Å². The summed E-state index contributed by atoms with van der Waals surface area (Å²) in [6.07, 6.45) is 1.56. The molecule has 0 bridgehead atoms. The zero-order valence-corrected chi connectivity index (χ0v) is 12.6. The van der Waals surface area contributed by atoms with Crippen molar-refractivity contribution in [2.24, 2.45) is 0 Å². The Hall–Kier alpha value is -2.86. The third-order valence-corrected chi connectivity index (χ3v) is 3.52. The molecule has 114 valence electrons. The maximum absolute atomic E-state index is 5.98. The van der Waals surface area contributed by atoms with Crippen molar-refractivity contribution in [3.05, 3.63) is 65.5 Å². The molecule has 0 radical (unpaired) electrons. The summed E-state index contributed by atoms with van der Waals surface area (Å²) in [6, 6.07) is 15.0. The first-order chi connectivity index (χ1) is 11.3. The Kier molecular flexibility index (Phi) is 3.44. The van der Waals surface area contributed by atoms with E-state index in [2.05, 4.69) is 15.3 Å². The van der Waals surface area contributed by atoms with Gasteiger partial charge in [-0.15, -0.1) is 5.10 Å². The Morgan fingerprint density at radius 2 is 2.00 bits per heavy atom. The van der Waals surface area contributed by atoms with Crippen LogP contribution in [-0.4, -0.2) is 20.1 Å². The van der Waals surface area contributed by atoms with Crippen LogP contribution in [0.15, 0.2) is 59.2 Å². The molecule has 0 aliphatic carbocycles. The number of nitrogens with zero attached hydrogens (tertiary/aromatic N) is 4. The minimum atomic E-state index is 0.210. The van der Waals surface area contributed by atoms with Gasteiger partial charge in [0.25, 0.3) is 0 Å². The fourth-order valence-electron chi connectivity index (χ4n) is 2.18. The number of oxazole rings is 1. The van der Waals surface area contributed by atoms with Crippen LogP contribution in [0.4, 0.5) is 0 Å². The third-order valence-electron chi connectivity index (χ3n) is 3.28. The summed E-state index contributed by atoms with van der Waals surface area (Å²) < 4.78 is 5.47. The molecule has 0 aliphatic heterocycles. The maximum atomic E-state index is 5.98. The Morgan fingerprint density at radius 3 is 2.87 bits per heavy atom. The number of benzene rings is 2. The molecule has 7 heteroatoms. The second-order valence-electron chi connectivity index (χ2n) is 4.88. The second kappa shape index (κ2) is 5.73. The summed E-state index contributed by atoms with van der Waals surface area (Å²) in [5.41, 5.74) is 2.98. The molecule has 0 saturated heterocycles. The van der Waals surface area contributed by atoms with E-state index in [0.717, 1.165) is 5.56 Å². The van der Waals surface area contributed by atoms with Crippen molar-refractivity contribution in [2.45, 2.75) is 6.61 Å². The maximum Gasteiger partial charge on any atom is 0.226 e. The van der Waals surface area contributed by atoms with Crippen molar-refractivity contribution in [1.82, 2.24) is 20.1 Å². The topological polar surface area (TPSA) is 66.0 Å². The minimum absolute atomic E-state index is 0.210. The molecule has 23 heavy (non-hydrogen) atoms. The first-order valence-electron chi connectivity index (χ1n) is 6.94. The fraction of sp³-hybridized carbons (Fsp3) is 0.0625. The van der Waals surface area contributed by atoms with Crippen LogP contribution >= 0.6 is 11.6 Å². The van der Waals surface area contributed by atoms with Crippen LogP contribution in [0.3, 0.4) is 0 Å². The molecule has 0 atom stereocenters. The summed E-state index contributed by atoms with van der Waals surface area (Å²) in [4.78, 5) is 11.3. The van der Waals surface area contributed by atoms with E-state index in [1.54, 1.807) is 24.5 Å². The van der Waals surface area contributed by atoms with Gasteiger partial charge in [-0.05, 0) is 35.5 Å². The van der Waals surface area contributed by atoms with Crippen molar-refractivity contribution in [2.75, 3.05) is 0 Å². The van der Waals surface area contributed by atoms with E-state index in [1.807, 2.05) is 30.3 Å². The highest BCUT2D eigenvalue weighted by Crippen LogP contribution is 2.19. The zero-order chi connectivity index (χ0) is 15.6. The molecule has 2 aromatic heterocycles. The number of hydrogen-bond donors (Lipinski definition) is 0. The van der Waals surface area contributed by atoms with Crippen LogP contribution in [0, 0.1) is 0 Å². The van der Waals surface area contributed by atoms with Gasteiger partial charge in [0.2, 0.25) is 5.89 Å². The molecule has 0 aliphatic rings. The van der Waals surface area contributed by atoms with E-state index in [4.69, 9.17) is 20.9 Å². The predicted molar refractivity (Wildman–Crippen MR) is 84.8 cm³/mol. The van der Waals surface area contributed by atoms with Crippen LogP contribution in [-0.2, 0) is 6.61 Å². The van der Waals surface area contributed by atoms with Gasteiger partial charge in [0, 0.05) is 10.6 Å². The number of aromatic nitrogens is 4. The van der Waals surface area contributed by atoms with Crippen LogP contribution in [0.2, 0.25) is 5.02 Å². The lowest BCUT2D eigenvalue weighted by atomic mass is 10.2. The van der Waals surface area contributed by atoms with Gasteiger partial charge in [0.15, 0.2) is 6.61 Å². The van der Waals surface area contributed by atoms with E-state index < -0.39 is 0 Å². The average Bonchev–Trinajstić information content (AvgIpc) is 3.20. The van der Waals surface area contributed by atoms with Gasteiger partial charge in [-0.2, -0.15) is 0 Å². The lowest BCUT2D eigenvalue weighted by Crippen LogP contribution is -2.13. The molecule has 0 amide bonds. The summed E-state index contributed by atoms with van der Waals surface area (Å²) in [5, 5.41) is 8.55. The molecule has 0 spiro atoms. The third kappa shape index (κ3) is 2.76. The molecular formula is C16H11ClN4O2. The van der Waals surface area contributed by atoms with Crippen molar-refractivity contribution >= 4 is 22.6 Å². The van der Waals surface area contributed by atoms with E-state index in [1.165, 1.54) is 4.85 Å². The van der Waals surface area contributed by atoms with E-state index in [0.29, 0.717) is 27.6 Å². The van der Waals surface area contributed by atoms with Gasteiger partial charge in [-0.3, -0.25) is 0 Å². The van der Waals surface area contributed by atoms with Gasteiger partial charge < -0.3 is 9.25 Å². The number of hydrogen-bond acceptors (Lipinski definition) is 5. The normalized spacial score (nSPS) is 11.0. The minimum Gasteiger partial charge on any atom is -0.444 e. The smallest absolute Gasteiger partial charge is 0.226 e. The van der Waals surface area contributed by atoms with Gasteiger partial charge in [0.1, 0.15) is 23.0 Å². The molecule has 4 aromatic rings. The molecule has 0 saturated carbocycles. The highest BCUT2D eigenvalue weighted by molar-refractivity contribution is 6.31. The highest BCUT2D eigenvalue weighted by Gasteiger charge is 2.09. The average molecular weight is 327 g/mol. The van der Waals surface area contributed by atoms with Crippen LogP contribution < -0.4 is 4.84 Å². The first kappa shape index (κ1) is 13.8. The molecule has 2 aromatic carbocycles. The van der Waals surface area contributed by atoms with Crippen molar-refractivity contribution < 1.29 is 9.25 Å². The Balaban J connectivity index is 1.53. The Bertz CT molecular complexity index is 949. The second-order valence-corrected chi connectivity index (χ2v) is 5.32. The van der Waals surface area contributed by atoms with E-state index >= 15 is 0 Å². The van der Waals surface area contributed by atoms with Gasteiger partial charge in [-0.1, -0.05) is 34.6 Å². The largest absolute Gasteiger partial charge is 0.444 e. The van der Waals surface area contributed by atoms with Crippen LogP contribution in [0.5, 0.6) is 0 Å². The quantitative estimate of drug-likeness (QED) is 0.575. The predicted octanol–water partition coefficient (Wildman–Crippen LogP) is 3.37. The standard InChI is InChI=1S/C16H11ClN4O2/c17-12-6-7-14-15(8-12)21(20-19-14)23-10-13-9-22-16(18-13)11-4-2-1-3-5-11/h1-9H,10H2. The first-order valence-corrected chi connectivity index (χ1v) is 7.31. The molecule has 0 N–H and O–H groups in total. The highest BCUT2D eigenvalue weighted by atomic mass is 35.5.